The predicted molar refractivity (Wildman–Crippen MR) is 98.2 cm³/mol. The largest absolute Gasteiger partial charge is 0.481 e. The van der Waals surface area contributed by atoms with Crippen LogP contribution < -0.4 is 10.6 Å². The van der Waals surface area contributed by atoms with Crippen LogP contribution in [0.5, 0.6) is 0 Å². The third-order valence-corrected chi connectivity index (χ3v) is 7.62. The Hall–Kier alpha value is -1.19. The van der Waals surface area contributed by atoms with Crippen molar-refractivity contribution in [2.45, 2.75) is 63.2 Å². The van der Waals surface area contributed by atoms with Crippen LogP contribution >= 0.6 is 0 Å². The fourth-order valence-corrected chi connectivity index (χ4v) is 5.83. The van der Waals surface area contributed by atoms with Crippen molar-refractivity contribution in [3.8, 4) is 0 Å². The number of carbonyl (C=O) groups excluding carboxylic acids is 1. The highest BCUT2D eigenvalue weighted by atomic mass is 32.2. The van der Waals surface area contributed by atoms with Gasteiger partial charge in [-0.3, -0.25) is 9.59 Å². The van der Waals surface area contributed by atoms with Gasteiger partial charge in [0.05, 0.1) is 18.2 Å². The molecule has 2 saturated heterocycles. The second-order valence-corrected chi connectivity index (χ2v) is 9.69. The zero-order chi connectivity index (χ0) is 19.2. The fourth-order valence-electron chi connectivity index (χ4n) is 3.83. The summed E-state index contributed by atoms with van der Waals surface area (Å²) < 4.78 is 26.9. The van der Waals surface area contributed by atoms with Gasteiger partial charge in [0.2, 0.25) is 15.9 Å². The molecule has 2 aliphatic rings. The Labute approximate surface area is 155 Å². The molecule has 3 N–H and O–H groups in total. The van der Waals surface area contributed by atoms with E-state index in [0.717, 1.165) is 38.8 Å². The van der Waals surface area contributed by atoms with Crippen LogP contribution in [0.4, 0.5) is 0 Å². The Bertz CT molecular complexity index is 589. The lowest BCUT2D eigenvalue weighted by molar-refractivity contribution is -0.137. The summed E-state index contributed by atoms with van der Waals surface area (Å²) in [6.07, 6.45) is 4.99. The quantitative estimate of drug-likeness (QED) is 0.558. The van der Waals surface area contributed by atoms with Crippen molar-refractivity contribution < 1.29 is 23.1 Å². The van der Waals surface area contributed by atoms with Gasteiger partial charge < -0.3 is 15.7 Å². The van der Waals surface area contributed by atoms with Gasteiger partial charge in [0.15, 0.2) is 0 Å². The Balaban J connectivity index is 1.86. The minimum Gasteiger partial charge on any atom is -0.481 e. The molecule has 8 nitrogen and oxygen atoms in total. The summed E-state index contributed by atoms with van der Waals surface area (Å²) in [5.74, 6) is -0.857. The molecule has 0 aromatic heterocycles. The maximum Gasteiger partial charge on any atom is 0.305 e. The first-order valence-electron chi connectivity index (χ1n) is 9.50. The van der Waals surface area contributed by atoms with Crippen LogP contribution in [0.25, 0.3) is 0 Å². The van der Waals surface area contributed by atoms with Crippen LogP contribution in [0, 0.1) is 5.92 Å². The standard InChI is InChI=1S/C17H31N3O5S/c1-13(11-17(22)23)19-16(21)12-20-10-2-3-15(26(20,24)25)5-4-14-6-8-18-9-7-14/h13-15,18H,2-12H2,1H3,(H,19,21)(H,22,23)/t13-,15?/m1/s1. The zero-order valence-electron chi connectivity index (χ0n) is 15.4. The normalized spacial score (nSPS) is 25.5. The molecule has 2 rings (SSSR count). The van der Waals surface area contributed by atoms with E-state index in [9.17, 15) is 18.0 Å². The van der Waals surface area contributed by atoms with Crippen LogP contribution in [-0.4, -0.2) is 67.2 Å². The molecule has 1 unspecified atom stereocenters. The van der Waals surface area contributed by atoms with Crippen LogP contribution in [0.3, 0.4) is 0 Å². The molecule has 9 heteroatoms. The highest BCUT2D eigenvalue weighted by Gasteiger charge is 2.36. The van der Waals surface area contributed by atoms with Crippen LogP contribution in [0.2, 0.25) is 0 Å². The molecule has 0 aromatic rings. The number of nitrogens with zero attached hydrogens (tertiary/aromatic N) is 1. The molecule has 2 heterocycles. The second kappa shape index (κ2) is 9.66. The van der Waals surface area contributed by atoms with E-state index in [0.29, 0.717) is 25.3 Å². The van der Waals surface area contributed by atoms with Gasteiger partial charge in [-0.1, -0.05) is 0 Å². The van der Waals surface area contributed by atoms with E-state index >= 15 is 0 Å². The van der Waals surface area contributed by atoms with Gasteiger partial charge in [-0.25, -0.2) is 8.42 Å². The van der Waals surface area contributed by atoms with Crippen molar-refractivity contribution in [3.63, 3.8) is 0 Å². The summed E-state index contributed by atoms with van der Waals surface area (Å²) in [6, 6.07) is -0.525. The minimum atomic E-state index is -3.48. The molecule has 1 amide bonds. The molecule has 0 aliphatic carbocycles. The molecule has 26 heavy (non-hydrogen) atoms. The Morgan fingerprint density at radius 3 is 2.58 bits per heavy atom. The summed E-state index contributed by atoms with van der Waals surface area (Å²) in [6.45, 7) is 3.73. The first-order chi connectivity index (χ1) is 12.3. The number of carbonyl (C=O) groups is 2. The van der Waals surface area contributed by atoms with Gasteiger partial charge in [-0.15, -0.1) is 0 Å². The number of piperidine rings is 1. The van der Waals surface area contributed by atoms with Crippen LogP contribution in [-0.2, 0) is 19.6 Å². The van der Waals surface area contributed by atoms with Gasteiger partial charge in [0.1, 0.15) is 0 Å². The number of nitrogens with one attached hydrogen (secondary N) is 2. The SMILES string of the molecule is C[C@H](CC(=O)O)NC(=O)CN1CCCC(CCC2CCNCC2)S1(=O)=O. The summed E-state index contributed by atoms with van der Waals surface area (Å²) in [5.41, 5.74) is 0. The average molecular weight is 390 g/mol. The van der Waals surface area contributed by atoms with E-state index in [2.05, 4.69) is 10.6 Å². The molecular formula is C17H31N3O5S. The number of rotatable bonds is 8. The number of amides is 1. The Morgan fingerprint density at radius 2 is 1.92 bits per heavy atom. The fraction of sp³-hybridized carbons (Fsp3) is 0.882. The average Bonchev–Trinajstić information content (AvgIpc) is 2.55. The maximum absolute atomic E-state index is 12.8. The smallest absolute Gasteiger partial charge is 0.305 e. The molecule has 2 atom stereocenters. The van der Waals surface area contributed by atoms with Gasteiger partial charge in [0, 0.05) is 12.6 Å². The van der Waals surface area contributed by atoms with Crippen molar-refractivity contribution in [1.29, 1.82) is 0 Å². The topological polar surface area (TPSA) is 116 Å². The summed E-state index contributed by atoms with van der Waals surface area (Å²) in [7, 11) is -3.48. The van der Waals surface area contributed by atoms with Crippen LogP contribution in [0.15, 0.2) is 0 Å². The lowest BCUT2D eigenvalue weighted by Gasteiger charge is -2.33. The predicted octanol–water partition coefficient (Wildman–Crippen LogP) is 0.540. The molecule has 0 saturated carbocycles. The molecule has 0 radical (unpaired) electrons. The molecule has 0 spiro atoms. The van der Waals surface area contributed by atoms with E-state index in [1.165, 1.54) is 4.31 Å². The number of carboxylic acid groups (broad SMARTS) is 1. The van der Waals surface area contributed by atoms with E-state index in [-0.39, 0.29) is 13.0 Å². The first kappa shape index (κ1) is 21.1. The van der Waals surface area contributed by atoms with Crippen molar-refractivity contribution >= 4 is 21.9 Å². The van der Waals surface area contributed by atoms with E-state index in [1.807, 2.05) is 0 Å². The molecule has 0 aromatic carbocycles. The van der Waals surface area contributed by atoms with Crippen molar-refractivity contribution in [1.82, 2.24) is 14.9 Å². The summed E-state index contributed by atoms with van der Waals surface area (Å²) in [4.78, 5) is 22.8. The van der Waals surface area contributed by atoms with Gasteiger partial charge in [0.25, 0.3) is 0 Å². The number of carboxylic acids is 1. The van der Waals surface area contributed by atoms with Gasteiger partial charge in [-0.2, -0.15) is 4.31 Å². The number of hydrogen-bond donors (Lipinski definition) is 3. The minimum absolute atomic E-state index is 0.183. The lowest BCUT2D eigenvalue weighted by atomic mass is 9.92. The monoisotopic (exact) mass is 389 g/mol. The second-order valence-electron chi connectivity index (χ2n) is 7.48. The third-order valence-electron chi connectivity index (χ3n) is 5.28. The van der Waals surface area contributed by atoms with Crippen molar-refractivity contribution in [2.24, 2.45) is 5.92 Å². The molecule has 150 valence electrons. The maximum atomic E-state index is 12.8. The highest BCUT2D eigenvalue weighted by Crippen LogP contribution is 2.28. The van der Waals surface area contributed by atoms with E-state index in [4.69, 9.17) is 5.11 Å². The molecule has 2 aliphatic heterocycles. The Morgan fingerprint density at radius 1 is 1.23 bits per heavy atom. The molecular weight excluding hydrogens is 358 g/mol. The zero-order valence-corrected chi connectivity index (χ0v) is 16.3. The number of aliphatic carboxylic acids is 1. The Kier molecular flexibility index (Phi) is 7.85. The lowest BCUT2D eigenvalue weighted by Crippen LogP contribution is -2.49. The first-order valence-corrected chi connectivity index (χ1v) is 11.0. The highest BCUT2D eigenvalue weighted by molar-refractivity contribution is 7.89. The molecule has 0 bridgehead atoms. The van der Waals surface area contributed by atoms with E-state index in [1.54, 1.807) is 6.92 Å². The van der Waals surface area contributed by atoms with Crippen molar-refractivity contribution in [3.05, 3.63) is 0 Å². The van der Waals surface area contributed by atoms with Crippen LogP contribution in [0.1, 0.15) is 51.9 Å². The summed E-state index contributed by atoms with van der Waals surface area (Å²) in [5, 5.41) is 14.2. The van der Waals surface area contributed by atoms with Crippen molar-refractivity contribution in [2.75, 3.05) is 26.2 Å². The summed E-state index contributed by atoms with van der Waals surface area (Å²) >= 11 is 0. The number of sulfonamides is 1. The van der Waals surface area contributed by atoms with Gasteiger partial charge >= 0.3 is 5.97 Å². The third kappa shape index (κ3) is 6.21. The number of hydrogen-bond acceptors (Lipinski definition) is 5. The molecule has 2 fully saturated rings. The van der Waals surface area contributed by atoms with Gasteiger partial charge in [-0.05, 0) is 64.5 Å². The van der Waals surface area contributed by atoms with E-state index < -0.39 is 33.2 Å².